The molecule has 0 radical (unpaired) electrons. The van der Waals surface area contributed by atoms with Gasteiger partial charge in [0.25, 0.3) is 0 Å². The first-order valence-corrected chi connectivity index (χ1v) is 7.55. The van der Waals surface area contributed by atoms with Gasteiger partial charge in [0, 0.05) is 0 Å². The number of ether oxygens (including phenoxy) is 1. The lowest BCUT2D eigenvalue weighted by atomic mass is 9.96. The van der Waals surface area contributed by atoms with E-state index in [-0.39, 0.29) is 0 Å². The summed E-state index contributed by atoms with van der Waals surface area (Å²) in [4.78, 5) is 23.2. The zero-order chi connectivity index (χ0) is 17.9. The van der Waals surface area contributed by atoms with Gasteiger partial charge in [0.15, 0.2) is 0 Å². The number of fused-ring (bicyclic) bond motifs is 1. The van der Waals surface area contributed by atoms with Crippen LogP contribution in [0.2, 0.25) is 0 Å². The van der Waals surface area contributed by atoms with E-state index in [1.807, 2.05) is 18.2 Å². The predicted octanol–water partition coefficient (Wildman–Crippen LogP) is 1.52. The molecule has 0 aliphatic carbocycles. The number of hydrogen-bond acceptors (Lipinski definition) is 5. The number of rotatable bonds is 4. The zero-order valence-corrected chi connectivity index (χ0v) is 13.8. The van der Waals surface area contributed by atoms with Crippen LogP contribution < -0.4 is 10.4 Å². The van der Waals surface area contributed by atoms with Crippen molar-refractivity contribution in [1.29, 1.82) is 0 Å². The highest BCUT2D eigenvalue weighted by Gasteiger charge is 2.27. The van der Waals surface area contributed by atoms with Gasteiger partial charge in [0.2, 0.25) is 0 Å². The van der Waals surface area contributed by atoms with E-state index in [2.05, 4.69) is 5.32 Å². The minimum Gasteiger partial charge on any atom is -0.548 e. The Morgan fingerprint density at radius 3 is 2.38 bits per heavy atom. The molecule has 2 aromatic rings. The third-order valence-corrected chi connectivity index (χ3v) is 3.38. The molecular weight excluding hydrogens is 310 g/mol. The molecule has 2 atom stereocenters. The van der Waals surface area contributed by atoms with Crippen LogP contribution in [0.3, 0.4) is 0 Å². The molecular formula is C18H20NO5-. The predicted molar refractivity (Wildman–Crippen MR) is 87.1 cm³/mol. The van der Waals surface area contributed by atoms with Crippen molar-refractivity contribution in [2.75, 3.05) is 0 Å². The fourth-order valence-corrected chi connectivity index (χ4v) is 2.39. The third kappa shape index (κ3) is 4.23. The Kier molecular flexibility index (Phi) is 5.09. The quantitative estimate of drug-likeness (QED) is 0.885. The third-order valence-electron chi connectivity index (χ3n) is 3.38. The summed E-state index contributed by atoms with van der Waals surface area (Å²) in [6.45, 7) is 4.96. The Balaban J connectivity index is 2.30. The van der Waals surface area contributed by atoms with Crippen molar-refractivity contribution in [1.82, 2.24) is 5.32 Å². The number of carbonyl (C=O) groups excluding carboxylic acids is 2. The van der Waals surface area contributed by atoms with Gasteiger partial charge in [0.05, 0.1) is 5.97 Å². The van der Waals surface area contributed by atoms with Crippen molar-refractivity contribution in [3.63, 3.8) is 0 Å². The molecule has 0 spiro atoms. The number of aliphatic hydroxyl groups excluding tert-OH is 1. The summed E-state index contributed by atoms with van der Waals surface area (Å²) in [5, 5.41) is 25.6. The molecule has 0 bridgehead atoms. The molecule has 0 unspecified atom stereocenters. The van der Waals surface area contributed by atoms with Crippen LogP contribution in [0.5, 0.6) is 0 Å². The second kappa shape index (κ2) is 6.88. The second-order valence-corrected chi connectivity index (χ2v) is 6.46. The number of carbonyl (C=O) groups is 2. The van der Waals surface area contributed by atoms with Crippen LogP contribution in [-0.4, -0.2) is 28.8 Å². The van der Waals surface area contributed by atoms with E-state index in [9.17, 15) is 19.8 Å². The molecule has 0 saturated carbocycles. The van der Waals surface area contributed by atoms with Crippen LogP contribution >= 0.6 is 0 Å². The Hall–Kier alpha value is -2.60. The normalized spacial score (nSPS) is 14.0. The van der Waals surface area contributed by atoms with Gasteiger partial charge >= 0.3 is 6.09 Å². The maximum absolute atomic E-state index is 11.8. The topological polar surface area (TPSA) is 98.7 Å². The number of amides is 1. The van der Waals surface area contributed by atoms with E-state index in [0.29, 0.717) is 10.9 Å². The van der Waals surface area contributed by atoms with Crippen LogP contribution in [0.25, 0.3) is 10.8 Å². The van der Waals surface area contributed by atoms with Gasteiger partial charge < -0.3 is 25.1 Å². The first-order chi connectivity index (χ1) is 11.2. The average Bonchev–Trinajstić information content (AvgIpc) is 2.49. The first-order valence-electron chi connectivity index (χ1n) is 7.55. The van der Waals surface area contributed by atoms with Gasteiger partial charge in [-0.05, 0) is 37.1 Å². The van der Waals surface area contributed by atoms with Crippen molar-refractivity contribution in [3.05, 3.63) is 48.0 Å². The molecule has 0 saturated heterocycles. The van der Waals surface area contributed by atoms with Crippen molar-refractivity contribution < 1.29 is 24.5 Å². The fraction of sp³-hybridized carbons (Fsp3) is 0.333. The summed E-state index contributed by atoms with van der Waals surface area (Å²) < 4.78 is 5.04. The van der Waals surface area contributed by atoms with E-state index in [1.54, 1.807) is 45.0 Å². The number of benzene rings is 2. The van der Waals surface area contributed by atoms with Gasteiger partial charge in [-0.25, -0.2) is 4.79 Å². The molecule has 0 fully saturated rings. The summed E-state index contributed by atoms with van der Waals surface area (Å²) in [5.41, 5.74) is -0.399. The van der Waals surface area contributed by atoms with Crippen molar-refractivity contribution in [3.8, 4) is 0 Å². The summed E-state index contributed by atoms with van der Waals surface area (Å²) >= 11 is 0. The minimum absolute atomic E-state index is 0.387. The van der Waals surface area contributed by atoms with Crippen LogP contribution in [0, 0.1) is 0 Å². The van der Waals surface area contributed by atoms with E-state index in [1.165, 1.54) is 0 Å². The number of aliphatic hydroxyl groups is 1. The lowest BCUT2D eigenvalue weighted by molar-refractivity contribution is -0.310. The van der Waals surface area contributed by atoms with Crippen molar-refractivity contribution >= 4 is 22.8 Å². The number of nitrogens with one attached hydrogen (secondary N) is 1. The van der Waals surface area contributed by atoms with Crippen LogP contribution in [0.15, 0.2) is 42.5 Å². The van der Waals surface area contributed by atoms with Gasteiger partial charge in [0.1, 0.15) is 17.7 Å². The van der Waals surface area contributed by atoms with E-state index >= 15 is 0 Å². The monoisotopic (exact) mass is 330 g/mol. The molecule has 1 amide bonds. The Morgan fingerprint density at radius 1 is 1.12 bits per heavy atom. The summed E-state index contributed by atoms with van der Waals surface area (Å²) in [5.74, 6) is -1.60. The van der Waals surface area contributed by atoms with Crippen LogP contribution in [-0.2, 0) is 9.53 Å². The Labute approximate surface area is 140 Å². The summed E-state index contributed by atoms with van der Waals surface area (Å²) in [6.07, 6.45) is -2.41. The number of carboxylic acid groups (broad SMARTS) is 1. The lowest BCUT2D eigenvalue weighted by Crippen LogP contribution is -2.52. The highest BCUT2D eigenvalue weighted by molar-refractivity contribution is 5.87. The smallest absolute Gasteiger partial charge is 0.408 e. The van der Waals surface area contributed by atoms with Crippen molar-refractivity contribution in [2.24, 2.45) is 0 Å². The van der Waals surface area contributed by atoms with E-state index < -0.39 is 29.8 Å². The van der Waals surface area contributed by atoms with Crippen molar-refractivity contribution in [2.45, 2.75) is 38.5 Å². The molecule has 6 nitrogen and oxygen atoms in total. The number of aliphatic carboxylic acids is 1. The average molecular weight is 330 g/mol. The SMILES string of the molecule is CC(C)(C)OC(=O)N[C@@H](C(=O)[O-])[C@H](O)c1cccc2ccccc12. The van der Waals surface area contributed by atoms with E-state index in [4.69, 9.17) is 4.74 Å². The molecule has 0 aliphatic rings. The summed E-state index contributed by atoms with van der Waals surface area (Å²) in [6, 6.07) is 10.8. The standard InChI is InChI=1S/C18H21NO5/c1-18(2,3)24-17(23)19-14(16(21)22)15(20)13-10-6-8-11-7-4-5-9-12(11)13/h4-10,14-15,20H,1-3H3,(H,19,23)(H,21,22)/p-1/t14-,15-/m1/s1. The molecule has 0 aliphatic heterocycles. The molecule has 0 heterocycles. The highest BCUT2D eigenvalue weighted by atomic mass is 16.6. The molecule has 0 aromatic heterocycles. The maximum atomic E-state index is 11.8. The van der Waals surface area contributed by atoms with Crippen LogP contribution in [0.1, 0.15) is 32.4 Å². The number of carboxylic acids is 1. The van der Waals surface area contributed by atoms with Gasteiger partial charge in [-0.3, -0.25) is 0 Å². The molecule has 6 heteroatoms. The number of hydrogen-bond donors (Lipinski definition) is 2. The maximum Gasteiger partial charge on any atom is 0.408 e. The molecule has 24 heavy (non-hydrogen) atoms. The number of alkyl carbamates (subject to hydrolysis) is 1. The van der Waals surface area contributed by atoms with Gasteiger partial charge in [-0.1, -0.05) is 42.5 Å². The Morgan fingerprint density at radius 2 is 1.75 bits per heavy atom. The zero-order valence-electron chi connectivity index (χ0n) is 13.8. The van der Waals surface area contributed by atoms with Crippen LogP contribution in [0.4, 0.5) is 4.79 Å². The molecule has 128 valence electrons. The van der Waals surface area contributed by atoms with E-state index in [0.717, 1.165) is 5.39 Å². The lowest BCUT2D eigenvalue weighted by Gasteiger charge is -2.28. The first kappa shape index (κ1) is 17.7. The Bertz CT molecular complexity index is 745. The minimum atomic E-state index is -1.63. The second-order valence-electron chi connectivity index (χ2n) is 6.46. The fourth-order valence-electron chi connectivity index (χ4n) is 2.39. The molecule has 2 aromatic carbocycles. The summed E-state index contributed by atoms with van der Waals surface area (Å²) in [7, 11) is 0. The molecule has 2 N–H and O–H groups in total. The molecule has 2 rings (SSSR count). The van der Waals surface area contributed by atoms with Gasteiger partial charge in [-0.15, -0.1) is 0 Å². The largest absolute Gasteiger partial charge is 0.548 e. The highest BCUT2D eigenvalue weighted by Crippen LogP contribution is 2.26. The van der Waals surface area contributed by atoms with Gasteiger partial charge in [-0.2, -0.15) is 0 Å².